The first-order valence-corrected chi connectivity index (χ1v) is 5.07. The molecule has 0 aromatic heterocycles. The quantitative estimate of drug-likeness (QED) is 0.759. The number of nitrogens with one attached hydrogen (secondary N) is 1. The van der Waals surface area contributed by atoms with Crippen molar-refractivity contribution in [3.63, 3.8) is 0 Å². The second-order valence-corrected chi connectivity index (χ2v) is 3.60. The van der Waals surface area contributed by atoms with Crippen LogP contribution in [0.15, 0.2) is 18.2 Å². The molecule has 78 valence electrons. The molecule has 2 nitrogen and oxygen atoms in total. The van der Waals surface area contributed by atoms with E-state index in [9.17, 15) is 0 Å². The number of methoxy groups -OCH3 is 1. The monoisotopic (exact) mass is 213 g/mol. The number of benzene rings is 1. The molecule has 0 heterocycles. The molecular weight excluding hydrogens is 198 g/mol. The van der Waals surface area contributed by atoms with E-state index in [0.717, 1.165) is 35.8 Å². The van der Waals surface area contributed by atoms with Crippen LogP contribution in [0.5, 0.6) is 0 Å². The van der Waals surface area contributed by atoms with Crippen LogP contribution >= 0.6 is 11.6 Å². The van der Waals surface area contributed by atoms with Gasteiger partial charge < -0.3 is 10.1 Å². The van der Waals surface area contributed by atoms with E-state index in [0.29, 0.717) is 0 Å². The summed E-state index contributed by atoms with van der Waals surface area (Å²) in [5, 5.41) is 4.12. The lowest BCUT2D eigenvalue weighted by Gasteiger charge is -2.07. The average Bonchev–Trinajstić information content (AvgIpc) is 2.19. The van der Waals surface area contributed by atoms with Crippen molar-refractivity contribution in [1.82, 2.24) is 5.32 Å². The maximum Gasteiger partial charge on any atom is 0.0587 e. The third kappa shape index (κ3) is 3.29. The van der Waals surface area contributed by atoms with E-state index in [1.54, 1.807) is 7.11 Å². The molecule has 0 saturated heterocycles. The summed E-state index contributed by atoms with van der Waals surface area (Å²) >= 11 is 6.13. The van der Waals surface area contributed by atoms with E-state index in [1.165, 1.54) is 0 Å². The Labute approximate surface area is 90.2 Å². The van der Waals surface area contributed by atoms with Gasteiger partial charge in [0.1, 0.15) is 0 Å². The Bertz CT molecular complexity index is 289. The zero-order valence-electron chi connectivity index (χ0n) is 8.64. The fourth-order valence-corrected chi connectivity index (χ4v) is 1.43. The number of hydrogen-bond donors (Lipinski definition) is 1. The lowest BCUT2D eigenvalue weighted by molar-refractivity contribution is 0.199. The van der Waals surface area contributed by atoms with Crippen LogP contribution < -0.4 is 5.32 Å². The highest BCUT2D eigenvalue weighted by Gasteiger charge is 2.01. The summed E-state index contributed by atoms with van der Waals surface area (Å²) in [4.78, 5) is 0. The molecule has 0 bridgehead atoms. The van der Waals surface area contributed by atoms with E-state index in [1.807, 2.05) is 25.1 Å². The minimum Gasteiger partial charge on any atom is -0.383 e. The van der Waals surface area contributed by atoms with Gasteiger partial charge in [-0.25, -0.2) is 0 Å². The summed E-state index contributed by atoms with van der Waals surface area (Å²) in [6.45, 7) is 4.38. The van der Waals surface area contributed by atoms with Crippen molar-refractivity contribution in [2.24, 2.45) is 0 Å². The second kappa shape index (κ2) is 6.02. The van der Waals surface area contributed by atoms with Gasteiger partial charge in [-0.2, -0.15) is 0 Å². The molecule has 3 heteroatoms. The highest BCUT2D eigenvalue weighted by Crippen LogP contribution is 2.19. The number of hydrogen-bond acceptors (Lipinski definition) is 2. The Morgan fingerprint density at radius 1 is 1.43 bits per heavy atom. The van der Waals surface area contributed by atoms with Gasteiger partial charge in [0, 0.05) is 25.2 Å². The fourth-order valence-electron chi connectivity index (χ4n) is 1.24. The van der Waals surface area contributed by atoms with Gasteiger partial charge in [0.2, 0.25) is 0 Å². The Hall–Kier alpha value is -0.570. The van der Waals surface area contributed by atoms with Gasteiger partial charge in [0.25, 0.3) is 0 Å². The molecule has 0 fully saturated rings. The summed E-state index contributed by atoms with van der Waals surface area (Å²) in [7, 11) is 1.70. The van der Waals surface area contributed by atoms with Gasteiger partial charge >= 0.3 is 0 Å². The summed E-state index contributed by atoms with van der Waals surface area (Å²) in [6.07, 6.45) is 0. The normalized spacial score (nSPS) is 10.5. The molecular formula is C11H16ClNO. The van der Waals surface area contributed by atoms with Crippen molar-refractivity contribution in [3.05, 3.63) is 34.3 Å². The van der Waals surface area contributed by atoms with E-state index in [4.69, 9.17) is 16.3 Å². The van der Waals surface area contributed by atoms with Crippen LogP contribution in [0.3, 0.4) is 0 Å². The lowest BCUT2D eigenvalue weighted by Crippen LogP contribution is -2.18. The van der Waals surface area contributed by atoms with E-state index in [2.05, 4.69) is 5.32 Å². The zero-order valence-corrected chi connectivity index (χ0v) is 9.40. The molecule has 0 amide bonds. The molecule has 0 radical (unpaired) electrons. The third-order valence-electron chi connectivity index (χ3n) is 2.07. The maximum absolute atomic E-state index is 6.13. The second-order valence-electron chi connectivity index (χ2n) is 3.22. The molecule has 0 aliphatic carbocycles. The Kier molecular flexibility index (Phi) is 4.94. The minimum absolute atomic E-state index is 0.726. The fraction of sp³-hybridized carbons (Fsp3) is 0.455. The molecule has 14 heavy (non-hydrogen) atoms. The van der Waals surface area contributed by atoms with Gasteiger partial charge in [0.15, 0.2) is 0 Å². The molecule has 0 aliphatic rings. The molecule has 0 aliphatic heterocycles. The summed E-state index contributed by atoms with van der Waals surface area (Å²) in [5.74, 6) is 0. The van der Waals surface area contributed by atoms with Crippen LogP contribution in [0.2, 0.25) is 5.02 Å². The predicted octanol–water partition coefficient (Wildman–Crippen LogP) is 2.38. The number of aryl methyl sites for hydroxylation is 1. The van der Waals surface area contributed by atoms with Crippen LogP contribution in [0.4, 0.5) is 0 Å². The average molecular weight is 214 g/mol. The topological polar surface area (TPSA) is 21.3 Å². The SMILES string of the molecule is COCCNCc1cccc(C)c1Cl. The van der Waals surface area contributed by atoms with Crippen molar-refractivity contribution in [2.75, 3.05) is 20.3 Å². The molecule has 0 saturated carbocycles. The van der Waals surface area contributed by atoms with Gasteiger partial charge in [-0.15, -0.1) is 0 Å². The van der Waals surface area contributed by atoms with Crippen molar-refractivity contribution < 1.29 is 4.74 Å². The van der Waals surface area contributed by atoms with Gasteiger partial charge in [-0.1, -0.05) is 29.8 Å². The number of rotatable bonds is 5. The first-order valence-electron chi connectivity index (χ1n) is 4.69. The first-order chi connectivity index (χ1) is 6.75. The van der Waals surface area contributed by atoms with Crippen LogP contribution in [0.1, 0.15) is 11.1 Å². The Morgan fingerprint density at radius 2 is 2.21 bits per heavy atom. The summed E-state index contributed by atoms with van der Waals surface area (Å²) in [6, 6.07) is 6.07. The van der Waals surface area contributed by atoms with E-state index < -0.39 is 0 Å². The largest absolute Gasteiger partial charge is 0.383 e. The first kappa shape index (κ1) is 11.5. The van der Waals surface area contributed by atoms with Gasteiger partial charge in [-0.05, 0) is 18.1 Å². The van der Waals surface area contributed by atoms with Crippen molar-refractivity contribution >= 4 is 11.6 Å². The van der Waals surface area contributed by atoms with Crippen LogP contribution in [-0.4, -0.2) is 20.3 Å². The minimum atomic E-state index is 0.726. The van der Waals surface area contributed by atoms with Crippen LogP contribution in [-0.2, 0) is 11.3 Å². The van der Waals surface area contributed by atoms with E-state index in [-0.39, 0.29) is 0 Å². The highest BCUT2D eigenvalue weighted by molar-refractivity contribution is 6.32. The van der Waals surface area contributed by atoms with Crippen molar-refractivity contribution in [1.29, 1.82) is 0 Å². The zero-order chi connectivity index (χ0) is 10.4. The smallest absolute Gasteiger partial charge is 0.0587 e. The maximum atomic E-state index is 6.13. The number of ether oxygens (including phenoxy) is 1. The van der Waals surface area contributed by atoms with Crippen LogP contribution in [0, 0.1) is 6.92 Å². The highest BCUT2D eigenvalue weighted by atomic mass is 35.5. The summed E-state index contributed by atoms with van der Waals surface area (Å²) in [5.41, 5.74) is 2.26. The molecule has 1 aromatic rings. The lowest BCUT2D eigenvalue weighted by atomic mass is 10.1. The number of halogens is 1. The van der Waals surface area contributed by atoms with Crippen molar-refractivity contribution in [2.45, 2.75) is 13.5 Å². The molecule has 0 atom stereocenters. The predicted molar refractivity (Wildman–Crippen MR) is 59.8 cm³/mol. The molecule has 0 unspecified atom stereocenters. The molecule has 1 rings (SSSR count). The van der Waals surface area contributed by atoms with E-state index >= 15 is 0 Å². The van der Waals surface area contributed by atoms with Gasteiger partial charge in [-0.3, -0.25) is 0 Å². The van der Waals surface area contributed by atoms with Crippen molar-refractivity contribution in [3.8, 4) is 0 Å². The standard InChI is InChI=1S/C11H16ClNO/c1-9-4-3-5-10(11(9)12)8-13-6-7-14-2/h3-5,13H,6-8H2,1-2H3. The molecule has 1 aromatic carbocycles. The Morgan fingerprint density at radius 3 is 2.93 bits per heavy atom. The molecule has 0 spiro atoms. The summed E-state index contributed by atoms with van der Waals surface area (Å²) < 4.78 is 4.94. The third-order valence-corrected chi connectivity index (χ3v) is 2.61. The molecule has 1 N–H and O–H groups in total. The van der Waals surface area contributed by atoms with Gasteiger partial charge in [0.05, 0.1) is 6.61 Å². The Balaban J connectivity index is 2.46. The van der Waals surface area contributed by atoms with Crippen LogP contribution in [0.25, 0.3) is 0 Å².